The number of hydrogen-bond donors (Lipinski definition) is 0. The zero-order chi connectivity index (χ0) is 15.4. The van der Waals surface area contributed by atoms with Gasteiger partial charge in [-0.3, -0.25) is 4.79 Å². The van der Waals surface area contributed by atoms with E-state index in [9.17, 15) is 4.79 Å². The third-order valence-corrected chi connectivity index (χ3v) is 4.25. The van der Waals surface area contributed by atoms with Gasteiger partial charge in [0.05, 0.1) is 6.04 Å². The molecule has 0 saturated carbocycles. The summed E-state index contributed by atoms with van der Waals surface area (Å²) < 4.78 is 0. The van der Waals surface area contributed by atoms with E-state index in [0.29, 0.717) is 6.42 Å². The number of rotatable bonds is 4. The molecule has 2 aromatic carbocycles. The summed E-state index contributed by atoms with van der Waals surface area (Å²) in [5.41, 5.74) is 3.62. The van der Waals surface area contributed by atoms with Crippen LogP contribution in [0.2, 0.25) is 0 Å². The fourth-order valence-electron chi connectivity index (χ4n) is 3.13. The number of carbonyl (C=O) groups excluding carboxylic acids is 1. The lowest BCUT2D eigenvalue weighted by molar-refractivity contribution is -0.115. The van der Waals surface area contributed by atoms with E-state index in [1.807, 2.05) is 18.2 Å². The van der Waals surface area contributed by atoms with Crippen molar-refractivity contribution < 1.29 is 4.79 Å². The van der Waals surface area contributed by atoms with Gasteiger partial charge < -0.3 is 4.90 Å². The number of carbonyl (C=O) groups is 1. The van der Waals surface area contributed by atoms with Gasteiger partial charge >= 0.3 is 0 Å². The molecule has 0 spiro atoms. The van der Waals surface area contributed by atoms with E-state index < -0.39 is 0 Å². The van der Waals surface area contributed by atoms with Crippen molar-refractivity contribution in [3.05, 3.63) is 83.6 Å². The molecule has 2 aromatic rings. The molecule has 1 aliphatic carbocycles. The van der Waals surface area contributed by atoms with Crippen molar-refractivity contribution in [2.24, 2.45) is 0 Å². The van der Waals surface area contributed by atoms with Gasteiger partial charge in [0.15, 0.2) is 5.78 Å². The molecule has 0 N–H and O–H groups in total. The standard InChI is InChI=1S/C20H21NO/c1-21(18-13-8-14-19(22)15-18)20(16-9-4-2-5-10-16)17-11-6-3-7-12-17/h2-7,9-12,15,20H,8,13-14H2,1H3. The highest BCUT2D eigenvalue weighted by Crippen LogP contribution is 2.32. The van der Waals surface area contributed by atoms with E-state index >= 15 is 0 Å². The number of ketones is 1. The Morgan fingerprint density at radius 2 is 1.41 bits per heavy atom. The molecule has 22 heavy (non-hydrogen) atoms. The first-order valence-corrected chi connectivity index (χ1v) is 7.82. The van der Waals surface area contributed by atoms with Crippen molar-refractivity contribution in [3.8, 4) is 0 Å². The monoisotopic (exact) mass is 291 g/mol. The minimum atomic E-state index is 0.138. The second-order valence-corrected chi connectivity index (χ2v) is 5.79. The van der Waals surface area contributed by atoms with Crippen LogP contribution in [-0.2, 0) is 4.79 Å². The minimum Gasteiger partial charge on any atom is -0.367 e. The van der Waals surface area contributed by atoms with Crippen LogP contribution in [0.3, 0.4) is 0 Å². The second kappa shape index (κ2) is 6.61. The van der Waals surface area contributed by atoms with Gasteiger partial charge in [0.1, 0.15) is 0 Å². The molecule has 0 radical (unpaired) electrons. The highest BCUT2D eigenvalue weighted by molar-refractivity contribution is 5.91. The highest BCUT2D eigenvalue weighted by atomic mass is 16.1. The van der Waals surface area contributed by atoms with Gasteiger partial charge in [-0.05, 0) is 24.0 Å². The van der Waals surface area contributed by atoms with Crippen LogP contribution in [0.5, 0.6) is 0 Å². The van der Waals surface area contributed by atoms with E-state index in [2.05, 4.69) is 60.5 Å². The zero-order valence-corrected chi connectivity index (χ0v) is 12.9. The van der Waals surface area contributed by atoms with Crippen LogP contribution in [-0.4, -0.2) is 17.7 Å². The molecule has 0 fully saturated rings. The SMILES string of the molecule is CN(C1=CC(=O)CCC1)C(c1ccccc1)c1ccccc1. The molecule has 0 aromatic heterocycles. The summed E-state index contributed by atoms with van der Waals surface area (Å²) in [5.74, 6) is 0.243. The maximum atomic E-state index is 11.8. The predicted octanol–water partition coefficient (Wildman–Crippen LogP) is 4.34. The van der Waals surface area contributed by atoms with Crippen LogP contribution in [0.15, 0.2) is 72.4 Å². The average Bonchev–Trinajstić information content (AvgIpc) is 2.57. The predicted molar refractivity (Wildman–Crippen MR) is 89.4 cm³/mol. The second-order valence-electron chi connectivity index (χ2n) is 5.79. The first-order chi connectivity index (χ1) is 10.8. The van der Waals surface area contributed by atoms with Crippen molar-refractivity contribution in [2.75, 3.05) is 7.05 Å². The molecule has 0 amide bonds. The molecule has 1 aliphatic rings. The summed E-state index contributed by atoms with van der Waals surface area (Å²) in [6.45, 7) is 0. The largest absolute Gasteiger partial charge is 0.367 e. The first-order valence-electron chi connectivity index (χ1n) is 7.82. The Bertz CT molecular complexity index is 621. The molecule has 0 unspecified atom stereocenters. The van der Waals surface area contributed by atoms with Gasteiger partial charge in [0.2, 0.25) is 0 Å². The Hall–Kier alpha value is -2.35. The zero-order valence-electron chi connectivity index (χ0n) is 12.9. The van der Waals surface area contributed by atoms with Gasteiger partial charge in [-0.1, -0.05) is 60.7 Å². The number of nitrogens with zero attached hydrogens (tertiary/aromatic N) is 1. The maximum Gasteiger partial charge on any atom is 0.157 e. The Kier molecular flexibility index (Phi) is 4.38. The lowest BCUT2D eigenvalue weighted by atomic mass is 9.94. The molecule has 0 atom stereocenters. The maximum absolute atomic E-state index is 11.8. The summed E-state index contributed by atoms with van der Waals surface area (Å²) >= 11 is 0. The summed E-state index contributed by atoms with van der Waals surface area (Å²) in [7, 11) is 2.09. The van der Waals surface area contributed by atoms with E-state index in [-0.39, 0.29) is 11.8 Å². The number of hydrogen-bond acceptors (Lipinski definition) is 2. The minimum absolute atomic E-state index is 0.138. The van der Waals surface area contributed by atoms with Gasteiger partial charge in [-0.15, -0.1) is 0 Å². The van der Waals surface area contributed by atoms with Crippen molar-refractivity contribution >= 4 is 5.78 Å². The topological polar surface area (TPSA) is 20.3 Å². The Balaban J connectivity index is 2.00. The van der Waals surface area contributed by atoms with Crippen molar-refractivity contribution in [2.45, 2.75) is 25.3 Å². The van der Waals surface area contributed by atoms with Crippen LogP contribution in [0.1, 0.15) is 36.4 Å². The molecule has 0 heterocycles. The summed E-state index contributed by atoms with van der Waals surface area (Å²) in [6, 6.07) is 21.1. The van der Waals surface area contributed by atoms with Crippen LogP contribution in [0.4, 0.5) is 0 Å². The Labute approximate surface area is 132 Å². The summed E-state index contributed by atoms with van der Waals surface area (Å²) in [6.07, 6.45) is 4.42. The molecule has 2 heteroatoms. The summed E-state index contributed by atoms with van der Waals surface area (Å²) in [4.78, 5) is 14.0. The molecular formula is C20H21NO. The lowest BCUT2D eigenvalue weighted by Crippen LogP contribution is -2.27. The van der Waals surface area contributed by atoms with Crippen LogP contribution in [0.25, 0.3) is 0 Å². The molecular weight excluding hydrogens is 270 g/mol. The number of allylic oxidation sites excluding steroid dienone is 2. The van der Waals surface area contributed by atoms with E-state index in [0.717, 1.165) is 18.5 Å². The number of benzene rings is 2. The van der Waals surface area contributed by atoms with Gasteiger partial charge in [-0.2, -0.15) is 0 Å². The Morgan fingerprint density at radius 3 is 1.91 bits per heavy atom. The molecule has 0 aliphatic heterocycles. The molecule has 0 saturated heterocycles. The van der Waals surface area contributed by atoms with Gasteiger partial charge in [-0.25, -0.2) is 0 Å². The van der Waals surface area contributed by atoms with Crippen molar-refractivity contribution in [1.29, 1.82) is 0 Å². The van der Waals surface area contributed by atoms with Gasteiger partial charge in [0.25, 0.3) is 0 Å². The first kappa shape index (κ1) is 14.6. The van der Waals surface area contributed by atoms with E-state index in [1.54, 1.807) is 0 Å². The third kappa shape index (κ3) is 3.11. The van der Waals surface area contributed by atoms with Crippen LogP contribution >= 0.6 is 0 Å². The van der Waals surface area contributed by atoms with Crippen LogP contribution < -0.4 is 0 Å². The summed E-state index contributed by atoms with van der Waals surface area (Å²) in [5, 5.41) is 0. The smallest absolute Gasteiger partial charge is 0.157 e. The fraction of sp³-hybridized carbons (Fsp3) is 0.250. The Morgan fingerprint density at radius 1 is 0.864 bits per heavy atom. The third-order valence-electron chi connectivity index (χ3n) is 4.25. The van der Waals surface area contributed by atoms with Crippen molar-refractivity contribution in [1.82, 2.24) is 4.90 Å². The average molecular weight is 291 g/mol. The quantitative estimate of drug-likeness (QED) is 0.835. The van der Waals surface area contributed by atoms with Crippen LogP contribution in [0, 0.1) is 0 Å². The molecule has 112 valence electrons. The molecule has 3 rings (SSSR count). The van der Waals surface area contributed by atoms with E-state index in [1.165, 1.54) is 11.1 Å². The molecule has 0 bridgehead atoms. The van der Waals surface area contributed by atoms with Crippen molar-refractivity contribution in [3.63, 3.8) is 0 Å². The normalized spacial score (nSPS) is 14.8. The fourth-order valence-corrected chi connectivity index (χ4v) is 3.13. The van der Waals surface area contributed by atoms with Gasteiger partial charge in [0, 0.05) is 25.2 Å². The molecule has 2 nitrogen and oxygen atoms in total. The van der Waals surface area contributed by atoms with E-state index in [4.69, 9.17) is 0 Å². The lowest BCUT2D eigenvalue weighted by Gasteiger charge is -2.34. The highest BCUT2D eigenvalue weighted by Gasteiger charge is 2.23.